The second-order valence-corrected chi connectivity index (χ2v) is 9.81. The predicted octanol–water partition coefficient (Wildman–Crippen LogP) is 1.80. The first-order valence-corrected chi connectivity index (χ1v) is 9.56. The van der Waals surface area contributed by atoms with Crippen LogP contribution in [0.25, 0.3) is 0 Å². The van der Waals surface area contributed by atoms with Crippen molar-refractivity contribution >= 4 is 43.2 Å². The number of piperidine rings is 2. The number of amides is 1. The average molecular weight is 379 g/mol. The molecule has 2 saturated heterocycles. The number of nitrogens with one attached hydrogen (secondary N) is 1. The monoisotopic (exact) mass is 378 g/mol. The van der Waals surface area contributed by atoms with Crippen molar-refractivity contribution in [1.29, 1.82) is 0 Å². The number of fused-ring (bicyclic) bond motifs is 1. The van der Waals surface area contributed by atoms with Gasteiger partial charge in [0.25, 0.3) is 10.0 Å². The molecular weight excluding hydrogens is 364 g/mol. The Balaban J connectivity index is 1.77. The van der Waals surface area contributed by atoms with E-state index in [2.05, 4.69) is 21.2 Å². The Bertz CT molecular complexity index is 628. The molecule has 8 heteroatoms. The third kappa shape index (κ3) is 2.66. The van der Waals surface area contributed by atoms with E-state index in [9.17, 15) is 13.2 Å². The van der Waals surface area contributed by atoms with E-state index in [1.807, 2.05) is 0 Å². The third-order valence-corrected chi connectivity index (χ3v) is 7.88. The Labute approximate surface area is 130 Å². The van der Waals surface area contributed by atoms with Gasteiger partial charge in [0.15, 0.2) is 0 Å². The number of rotatable bonds is 2. The molecule has 110 valence electrons. The highest BCUT2D eigenvalue weighted by Crippen LogP contribution is 2.32. The topological polar surface area (TPSA) is 66.5 Å². The standard InChI is InChI=1S/C12H15BrN2O3S2/c13-10-2-4-12(19-10)20(17,18)15-6-5-9-8(7-15)1-3-11(16)14-9/h2,4,8-9H,1,3,5-7H2,(H,14,16). The molecular formula is C12H15BrN2O3S2. The van der Waals surface area contributed by atoms with Gasteiger partial charge >= 0.3 is 0 Å². The third-order valence-electron chi connectivity index (χ3n) is 3.93. The highest BCUT2D eigenvalue weighted by atomic mass is 79.9. The minimum atomic E-state index is -3.40. The van der Waals surface area contributed by atoms with Crippen molar-refractivity contribution in [3.05, 3.63) is 15.9 Å². The molecule has 1 aromatic heterocycles. The summed E-state index contributed by atoms with van der Waals surface area (Å²) in [5.41, 5.74) is 0. The summed E-state index contributed by atoms with van der Waals surface area (Å²) in [6.45, 7) is 0.974. The largest absolute Gasteiger partial charge is 0.353 e. The molecule has 1 N–H and O–H groups in total. The van der Waals surface area contributed by atoms with E-state index >= 15 is 0 Å². The summed E-state index contributed by atoms with van der Waals surface area (Å²) < 4.78 is 27.9. The molecule has 1 aromatic rings. The van der Waals surface area contributed by atoms with Gasteiger partial charge in [-0.3, -0.25) is 4.79 Å². The van der Waals surface area contributed by atoms with Gasteiger partial charge in [-0.15, -0.1) is 11.3 Å². The molecule has 0 spiro atoms. The molecule has 1 amide bonds. The van der Waals surface area contributed by atoms with E-state index in [1.165, 1.54) is 11.3 Å². The van der Waals surface area contributed by atoms with Gasteiger partial charge in [0.1, 0.15) is 4.21 Å². The minimum Gasteiger partial charge on any atom is -0.353 e. The normalized spacial score (nSPS) is 27.9. The minimum absolute atomic E-state index is 0.0877. The van der Waals surface area contributed by atoms with Gasteiger partial charge in [-0.05, 0) is 46.8 Å². The molecule has 2 fully saturated rings. The first-order chi connectivity index (χ1) is 9.46. The molecule has 2 aliphatic rings. The van der Waals surface area contributed by atoms with E-state index in [0.29, 0.717) is 30.1 Å². The van der Waals surface area contributed by atoms with Crippen LogP contribution in [0.2, 0.25) is 0 Å². The summed E-state index contributed by atoms with van der Waals surface area (Å²) in [4.78, 5) is 11.4. The molecule has 0 aliphatic carbocycles. The van der Waals surface area contributed by atoms with E-state index in [1.54, 1.807) is 16.4 Å². The lowest BCUT2D eigenvalue weighted by atomic mass is 9.86. The molecule has 3 rings (SSSR count). The Hall–Kier alpha value is -0.440. The quantitative estimate of drug-likeness (QED) is 0.852. The highest BCUT2D eigenvalue weighted by Gasteiger charge is 2.38. The van der Waals surface area contributed by atoms with Crippen LogP contribution in [0.4, 0.5) is 0 Å². The smallest absolute Gasteiger partial charge is 0.252 e. The lowest BCUT2D eigenvalue weighted by Gasteiger charge is -2.40. The van der Waals surface area contributed by atoms with Crippen LogP contribution in [-0.2, 0) is 14.8 Å². The maximum Gasteiger partial charge on any atom is 0.252 e. The average Bonchev–Trinajstić information content (AvgIpc) is 2.85. The summed E-state index contributed by atoms with van der Waals surface area (Å²) in [6, 6.07) is 3.53. The zero-order valence-electron chi connectivity index (χ0n) is 10.7. The van der Waals surface area contributed by atoms with Crippen molar-refractivity contribution in [1.82, 2.24) is 9.62 Å². The summed E-state index contributed by atoms with van der Waals surface area (Å²) in [5, 5.41) is 2.97. The number of thiophene rings is 1. The van der Waals surface area contributed by atoms with Crippen molar-refractivity contribution in [3.63, 3.8) is 0 Å². The molecule has 5 nitrogen and oxygen atoms in total. The number of carbonyl (C=O) groups is 1. The molecule has 2 unspecified atom stereocenters. The van der Waals surface area contributed by atoms with Crippen LogP contribution in [0, 0.1) is 5.92 Å². The Morgan fingerprint density at radius 2 is 2.15 bits per heavy atom. The van der Waals surface area contributed by atoms with Gasteiger partial charge in [0.05, 0.1) is 3.79 Å². The van der Waals surface area contributed by atoms with Gasteiger partial charge in [0, 0.05) is 25.6 Å². The summed E-state index contributed by atoms with van der Waals surface area (Å²) >= 11 is 4.53. The van der Waals surface area contributed by atoms with Gasteiger partial charge in [0.2, 0.25) is 5.91 Å². The first kappa shape index (κ1) is 14.5. The van der Waals surface area contributed by atoms with Crippen LogP contribution in [0.15, 0.2) is 20.1 Å². The maximum atomic E-state index is 12.6. The Kier molecular flexibility index (Phi) is 3.91. The van der Waals surface area contributed by atoms with Crippen molar-refractivity contribution in [3.8, 4) is 0 Å². The molecule has 3 heterocycles. The fourth-order valence-corrected chi connectivity index (χ4v) is 6.53. The number of sulfonamides is 1. The number of halogens is 1. The fraction of sp³-hybridized carbons (Fsp3) is 0.583. The van der Waals surface area contributed by atoms with Crippen LogP contribution in [0.3, 0.4) is 0 Å². The summed E-state index contributed by atoms with van der Waals surface area (Å²) in [7, 11) is -3.40. The maximum absolute atomic E-state index is 12.6. The second-order valence-electron chi connectivity index (χ2n) is 5.18. The van der Waals surface area contributed by atoms with Crippen molar-refractivity contribution < 1.29 is 13.2 Å². The van der Waals surface area contributed by atoms with Crippen molar-refractivity contribution in [2.75, 3.05) is 13.1 Å². The highest BCUT2D eigenvalue weighted by molar-refractivity contribution is 9.11. The number of hydrogen-bond acceptors (Lipinski definition) is 4. The van der Waals surface area contributed by atoms with Crippen LogP contribution in [-0.4, -0.2) is 37.8 Å². The van der Waals surface area contributed by atoms with Crippen molar-refractivity contribution in [2.24, 2.45) is 5.92 Å². The molecule has 0 radical (unpaired) electrons. The van der Waals surface area contributed by atoms with Gasteiger partial charge in [-0.25, -0.2) is 8.42 Å². The number of carbonyl (C=O) groups excluding carboxylic acids is 1. The second kappa shape index (κ2) is 5.40. The van der Waals surface area contributed by atoms with Crippen LogP contribution in [0.1, 0.15) is 19.3 Å². The van der Waals surface area contributed by atoms with E-state index < -0.39 is 10.0 Å². The summed E-state index contributed by atoms with van der Waals surface area (Å²) in [6.07, 6.45) is 1.97. The van der Waals surface area contributed by atoms with Crippen LogP contribution >= 0.6 is 27.3 Å². The lowest BCUT2D eigenvalue weighted by molar-refractivity contribution is -0.124. The molecule has 2 aliphatic heterocycles. The Morgan fingerprint density at radius 1 is 1.35 bits per heavy atom. The van der Waals surface area contributed by atoms with E-state index in [-0.39, 0.29) is 17.9 Å². The van der Waals surface area contributed by atoms with Crippen LogP contribution in [0.5, 0.6) is 0 Å². The molecule has 0 saturated carbocycles. The van der Waals surface area contributed by atoms with Gasteiger partial charge in [-0.2, -0.15) is 4.31 Å². The fourth-order valence-electron chi connectivity index (χ4n) is 2.86. The molecule has 2 atom stereocenters. The van der Waals surface area contributed by atoms with Crippen molar-refractivity contribution in [2.45, 2.75) is 29.5 Å². The predicted molar refractivity (Wildman–Crippen MR) is 80.0 cm³/mol. The molecule has 0 bridgehead atoms. The van der Waals surface area contributed by atoms with E-state index in [4.69, 9.17) is 0 Å². The van der Waals surface area contributed by atoms with Gasteiger partial charge in [-0.1, -0.05) is 0 Å². The SMILES string of the molecule is O=C1CCC2CN(S(=O)(=O)c3ccc(Br)s3)CCC2N1. The number of hydrogen-bond donors (Lipinski definition) is 1. The number of nitrogens with zero attached hydrogens (tertiary/aromatic N) is 1. The zero-order valence-corrected chi connectivity index (χ0v) is 13.9. The van der Waals surface area contributed by atoms with E-state index in [0.717, 1.165) is 10.2 Å². The Morgan fingerprint density at radius 3 is 2.85 bits per heavy atom. The first-order valence-electron chi connectivity index (χ1n) is 6.51. The zero-order chi connectivity index (χ0) is 14.3. The molecule has 0 aromatic carbocycles. The summed E-state index contributed by atoms with van der Waals surface area (Å²) in [5.74, 6) is 0.323. The van der Waals surface area contributed by atoms with Crippen LogP contribution < -0.4 is 5.32 Å². The van der Waals surface area contributed by atoms with Gasteiger partial charge < -0.3 is 5.32 Å². The lowest BCUT2D eigenvalue weighted by Crippen LogP contribution is -2.54. The molecule has 20 heavy (non-hydrogen) atoms.